The third-order valence-electron chi connectivity index (χ3n) is 4.70. The highest BCUT2D eigenvalue weighted by Gasteiger charge is 2.32. The van der Waals surface area contributed by atoms with Gasteiger partial charge >= 0.3 is 0 Å². The number of fused-ring (bicyclic) bond motifs is 1. The van der Waals surface area contributed by atoms with Crippen LogP contribution in [0.1, 0.15) is 56.9 Å². The van der Waals surface area contributed by atoms with Crippen molar-refractivity contribution in [3.63, 3.8) is 0 Å². The molecule has 1 aliphatic carbocycles. The van der Waals surface area contributed by atoms with Crippen molar-refractivity contribution in [1.82, 2.24) is 0 Å². The fourth-order valence-corrected chi connectivity index (χ4v) is 3.63. The zero-order valence-electron chi connectivity index (χ0n) is 11.7. The summed E-state index contributed by atoms with van der Waals surface area (Å²) >= 11 is 0. The molecule has 2 N–H and O–H groups in total. The van der Waals surface area contributed by atoms with Crippen molar-refractivity contribution in [1.29, 1.82) is 0 Å². The molecule has 2 nitrogen and oxygen atoms in total. The normalized spacial score (nSPS) is 26.1. The van der Waals surface area contributed by atoms with Gasteiger partial charge in [0.1, 0.15) is 11.9 Å². The molecule has 2 aliphatic rings. The Morgan fingerprint density at radius 2 is 1.74 bits per heavy atom. The minimum absolute atomic E-state index is 0.00707. The lowest BCUT2D eigenvalue weighted by Gasteiger charge is -2.33. The van der Waals surface area contributed by atoms with Crippen LogP contribution in [0, 0.1) is 0 Å². The molecule has 1 saturated carbocycles. The van der Waals surface area contributed by atoms with Crippen LogP contribution in [0.3, 0.4) is 0 Å². The molecule has 0 amide bonds. The van der Waals surface area contributed by atoms with Crippen molar-refractivity contribution in [2.75, 3.05) is 0 Å². The highest BCUT2D eigenvalue weighted by atomic mass is 16.5. The van der Waals surface area contributed by atoms with E-state index in [9.17, 15) is 0 Å². The predicted octanol–water partition coefficient (Wildman–Crippen LogP) is 3.82. The van der Waals surface area contributed by atoms with E-state index in [1.165, 1.54) is 50.5 Å². The minimum atomic E-state index is 0.00707. The molecule has 1 atom stereocenters. The Morgan fingerprint density at radius 3 is 2.47 bits per heavy atom. The first-order valence-corrected chi connectivity index (χ1v) is 7.79. The Hall–Kier alpha value is -1.02. The van der Waals surface area contributed by atoms with E-state index in [1.54, 1.807) is 0 Å². The summed E-state index contributed by atoms with van der Waals surface area (Å²) in [5.41, 5.74) is 8.02. The molecule has 3 rings (SSSR count). The van der Waals surface area contributed by atoms with Crippen LogP contribution < -0.4 is 10.5 Å². The second-order valence-electron chi connectivity index (χ2n) is 6.39. The Kier molecular flexibility index (Phi) is 3.79. The van der Waals surface area contributed by atoms with Gasteiger partial charge in [0.15, 0.2) is 0 Å². The summed E-state index contributed by atoms with van der Waals surface area (Å²) < 4.78 is 6.07. The number of hydrogen-bond acceptors (Lipinski definition) is 2. The van der Waals surface area contributed by atoms with Gasteiger partial charge in [-0.2, -0.15) is 0 Å². The Balaban J connectivity index is 1.62. The van der Waals surface area contributed by atoms with E-state index in [-0.39, 0.29) is 5.54 Å². The SMILES string of the molecule is NC1(CC2Cc3ccccc3O2)CCCCCCC1. The number of nitrogens with two attached hydrogens (primary N) is 1. The minimum Gasteiger partial charge on any atom is -0.490 e. The maximum absolute atomic E-state index is 6.66. The van der Waals surface area contributed by atoms with Crippen molar-refractivity contribution in [3.8, 4) is 5.75 Å². The van der Waals surface area contributed by atoms with Crippen molar-refractivity contribution >= 4 is 0 Å². The maximum atomic E-state index is 6.66. The molecule has 0 saturated heterocycles. The van der Waals surface area contributed by atoms with Gasteiger partial charge in [0.05, 0.1) is 0 Å². The topological polar surface area (TPSA) is 35.2 Å². The van der Waals surface area contributed by atoms with E-state index in [0.717, 1.165) is 18.6 Å². The summed E-state index contributed by atoms with van der Waals surface area (Å²) in [5, 5.41) is 0. The third kappa shape index (κ3) is 3.11. The summed E-state index contributed by atoms with van der Waals surface area (Å²) in [4.78, 5) is 0. The molecule has 2 heteroatoms. The number of ether oxygens (including phenoxy) is 1. The molecule has 1 fully saturated rings. The van der Waals surface area contributed by atoms with Crippen LogP contribution in [0.4, 0.5) is 0 Å². The zero-order chi connectivity index (χ0) is 13.1. The van der Waals surface area contributed by atoms with Gasteiger partial charge in [-0.1, -0.05) is 50.3 Å². The summed E-state index contributed by atoms with van der Waals surface area (Å²) in [6.07, 6.45) is 11.4. The maximum Gasteiger partial charge on any atom is 0.123 e. The first-order chi connectivity index (χ1) is 9.25. The Bertz CT molecular complexity index is 396. The molecule has 19 heavy (non-hydrogen) atoms. The largest absolute Gasteiger partial charge is 0.490 e. The molecular formula is C17H25NO. The number of rotatable bonds is 2. The zero-order valence-corrected chi connectivity index (χ0v) is 11.7. The molecule has 1 aromatic carbocycles. The van der Waals surface area contributed by atoms with Crippen LogP contribution in [-0.2, 0) is 6.42 Å². The fourth-order valence-electron chi connectivity index (χ4n) is 3.63. The standard InChI is InChI=1S/C17H25NO/c18-17(10-6-2-1-3-7-11-17)13-15-12-14-8-4-5-9-16(14)19-15/h4-5,8-9,15H,1-3,6-7,10-13,18H2. The van der Waals surface area contributed by atoms with Crippen molar-refractivity contribution in [2.24, 2.45) is 5.73 Å². The van der Waals surface area contributed by atoms with E-state index in [1.807, 2.05) is 0 Å². The van der Waals surface area contributed by atoms with Crippen LogP contribution in [0.5, 0.6) is 5.75 Å². The molecule has 1 unspecified atom stereocenters. The number of hydrogen-bond donors (Lipinski definition) is 1. The lowest BCUT2D eigenvalue weighted by Crippen LogP contribution is -2.44. The molecule has 0 radical (unpaired) electrons. The van der Waals surface area contributed by atoms with Crippen LogP contribution in [0.2, 0.25) is 0 Å². The van der Waals surface area contributed by atoms with Gasteiger partial charge in [-0.25, -0.2) is 0 Å². The molecule has 1 aliphatic heterocycles. The van der Waals surface area contributed by atoms with Crippen molar-refractivity contribution < 1.29 is 4.74 Å². The van der Waals surface area contributed by atoms with E-state index >= 15 is 0 Å². The smallest absolute Gasteiger partial charge is 0.123 e. The summed E-state index contributed by atoms with van der Waals surface area (Å²) in [6, 6.07) is 8.40. The van der Waals surface area contributed by atoms with Crippen LogP contribution in [0.25, 0.3) is 0 Å². The van der Waals surface area contributed by atoms with Gasteiger partial charge < -0.3 is 10.5 Å². The molecule has 104 valence electrons. The van der Waals surface area contributed by atoms with E-state index in [4.69, 9.17) is 10.5 Å². The van der Waals surface area contributed by atoms with Gasteiger partial charge in [0, 0.05) is 18.4 Å². The second kappa shape index (κ2) is 5.54. The van der Waals surface area contributed by atoms with Gasteiger partial charge in [0.25, 0.3) is 0 Å². The molecular weight excluding hydrogens is 234 g/mol. The van der Waals surface area contributed by atoms with Gasteiger partial charge in [-0.05, 0) is 24.5 Å². The molecule has 1 aromatic rings. The highest BCUT2D eigenvalue weighted by molar-refractivity contribution is 5.37. The molecule has 1 heterocycles. The average molecular weight is 259 g/mol. The Labute approximate surface area is 116 Å². The van der Waals surface area contributed by atoms with Gasteiger partial charge in [-0.15, -0.1) is 0 Å². The van der Waals surface area contributed by atoms with Crippen LogP contribution in [-0.4, -0.2) is 11.6 Å². The van der Waals surface area contributed by atoms with Crippen molar-refractivity contribution in [3.05, 3.63) is 29.8 Å². The van der Waals surface area contributed by atoms with Gasteiger partial charge in [-0.3, -0.25) is 0 Å². The molecule has 0 aromatic heterocycles. The third-order valence-corrected chi connectivity index (χ3v) is 4.70. The Morgan fingerprint density at radius 1 is 1.05 bits per heavy atom. The molecule has 0 spiro atoms. The lowest BCUT2D eigenvalue weighted by atomic mass is 9.80. The number of para-hydroxylation sites is 1. The first kappa shape index (κ1) is 13.0. The van der Waals surface area contributed by atoms with Gasteiger partial charge in [0.2, 0.25) is 0 Å². The van der Waals surface area contributed by atoms with Crippen LogP contribution >= 0.6 is 0 Å². The highest BCUT2D eigenvalue weighted by Crippen LogP contribution is 2.35. The summed E-state index contributed by atoms with van der Waals surface area (Å²) in [5.74, 6) is 1.07. The summed E-state index contributed by atoms with van der Waals surface area (Å²) in [6.45, 7) is 0. The fraction of sp³-hybridized carbons (Fsp3) is 0.647. The van der Waals surface area contributed by atoms with Crippen molar-refractivity contribution in [2.45, 2.75) is 69.4 Å². The van der Waals surface area contributed by atoms with E-state index < -0.39 is 0 Å². The summed E-state index contributed by atoms with van der Waals surface area (Å²) in [7, 11) is 0. The quantitative estimate of drug-likeness (QED) is 0.876. The molecule has 0 bridgehead atoms. The number of benzene rings is 1. The average Bonchev–Trinajstić information content (AvgIpc) is 2.76. The first-order valence-electron chi connectivity index (χ1n) is 7.79. The monoisotopic (exact) mass is 259 g/mol. The van der Waals surface area contributed by atoms with E-state index in [0.29, 0.717) is 6.10 Å². The van der Waals surface area contributed by atoms with Crippen LogP contribution in [0.15, 0.2) is 24.3 Å². The predicted molar refractivity (Wildman–Crippen MR) is 78.4 cm³/mol. The van der Waals surface area contributed by atoms with E-state index in [2.05, 4.69) is 24.3 Å². The lowest BCUT2D eigenvalue weighted by molar-refractivity contribution is 0.161. The second-order valence-corrected chi connectivity index (χ2v) is 6.39.